The maximum atomic E-state index is 12.6. The van der Waals surface area contributed by atoms with Crippen LogP contribution in [0.2, 0.25) is 0 Å². The van der Waals surface area contributed by atoms with Crippen molar-refractivity contribution in [2.24, 2.45) is 0 Å². The third kappa shape index (κ3) is 5.44. The fourth-order valence-corrected chi connectivity index (χ4v) is 3.44. The highest BCUT2D eigenvalue weighted by Crippen LogP contribution is 2.28. The van der Waals surface area contributed by atoms with Gasteiger partial charge in [0, 0.05) is 24.1 Å². The first-order chi connectivity index (χ1) is 14.1. The van der Waals surface area contributed by atoms with Gasteiger partial charge in [0.25, 0.3) is 0 Å². The van der Waals surface area contributed by atoms with E-state index in [1.54, 1.807) is 5.38 Å². The van der Waals surface area contributed by atoms with Crippen molar-refractivity contribution >= 4 is 28.3 Å². The number of thiazole rings is 1. The average molecular weight is 437 g/mol. The van der Waals surface area contributed by atoms with Gasteiger partial charge < -0.3 is 10.6 Å². The van der Waals surface area contributed by atoms with E-state index in [9.17, 15) is 22.8 Å². The molecule has 3 rings (SSSR count). The van der Waals surface area contributed by atoms with Crippen LogP contribution in [-0.4, -0.2) is 26.6 Å². The third-order valence-corrected chi connectivity index (χ3v) is 4.87. The van der Waals surface area contributed by atoms with Gasteiger partial charge in [0.1, 0.15) is 6.54 Å². The number of hydrogen-bond donors (Lipinski definition) is 2. The van der Waals surface area contributed by atoms with Gasteiger partial charge >= 0.3 is 6.18 Å². The molecule has 3 aromatic rings. The lowest BCUT2D eigenvalue weighted by Gasteiger charge is -2.13. The molecule has 7 nitrogen and oxygen atoms in total. The largest absolute Gasteiger partial charge is 0.435 e. The number of nitrogens with one attached hydrogen (secondary N) is 2. The summed E-state index contributed by atoms with van der Waals surface area (Å²) in [6, 6.07) is 8.16. The van der Waals surface area contributed by atoms with Gasteiger partial charge in [-0.3, -0.25) is 14.3 Å². The first-order valence-corrected chi connectivity index (χ1v) is 9.73. The zero-order valence-corrected chi connectivity index (χ0v) is 16.8. The fourth-order valence-electron chi connectivity index (χ4n) is 2.70. The number of benzene rings is 1. The summed E-state index contributed by atoms with van der Waals surface area (Å²) in [7, 11) is 0. The molecule has 0 fully saturated rings. The summed E-state index contributed by atoms with van der Waals surface area (Å²) < 4.78 is 38.6. The van der Waals surface area contributed by atoms with Gasteiger partial charge in [-0.15, -0.1) is 11.3 Å². The Hall–Kier alpha value is -3.21. The van der Waals surface area contributed by atoms with E-state index >= 15 is 0 Å². The Labute approximate surface area is 173 Å². The summed E-state index contributed by atoms with van der Waals surface area (Å²) in [5, 5.41) is 10.8. The second-order valence-corrected chi connectivity index (χ2v) is 7.38. The summed E-state index contributed by atoms with van der Waals surface area (Å²) in [5.74, 6) is -0.650. The number of amides is 2. The minimum Gasteiger partial charge on any atom is -0.350 e. The standard InChI is InChI=1S/C19H18F3N5O2S/c1-11(23-12(2)28)13-3-5-14(6-4-13)15-10-30-18(24-15)25-17(29)9-27-8-7-16(26-27)19(20,21)22/h3-8,10-11H,9H2,1-2H3,(H,23,28)(H,24,25,29). The average Bonchev–Trinajstić information content (AvgIpc) is 3.30. The van der Waals surface area contributed by atoms with Gasteiger partial charge in [-0.05, 0) is 18.6 Å². The van der Waals surface area contributed by atoms with Gasteiger partial charge in [-0.25, -0.2) is 4.98 Å². The van der Waals surface area contributed by atoms with E-state index in [-0.39, 0.29) is 18.5 Å². The Kier molecular flexibility index (Phi) is 6.20. The maximum absolute atomic E-state index is 12.6. The number of carbonyl (C=O) groups is 2. The van der Waals surface area contributed by atoms with Crippen LogP contribution in [-0.2, 0) is 22.3 Å². The number of rotatable bonds is 6. The summed E-state index contributed by atoms with van der Waals surface area (Å²) in [6.07, 6.45) is -3.46. The summed E-state index contributed by atoms with van der Waals surface area (Å²) in [5.41, 5.74) is 1.36. The molecule has 2 N–H and O–H groups in total. The van der Waals surface area contributed by atoms with Crippen molar-refractivity contribution in [3.05, 3.63) is 53.2 Å². The van der Waals surface area contributed by atoms with Crippen molar-refractivity contribution in [3.63, 3.8) is 0 Å². The second-order valence-electron chi connectivity index (χ2n) is 6.53. The second kappa shape index (κ2) is 8.66. The van der Waals surface area contributed by atoms with E-state index in [1.807, 2.05) is 31.2 Å². The Morgan fingerprint density at radius 1 is 1.20 bits per heavy atom. The van der Waals surface area contributed by atoms with E-state index in [0.29, 0.717) is 10.8 Å². The van der Waals surface area contributed by atoms with Crippen LogP contribution in [0.1, 0.15) is 31.1 Å². The molecule has 0 aliphatic heterocycles. The van der Waals surface area contributed by atoms with Crippen LogP contribution in [0.3, 0.4) is 0 Å². The summed E-state index contributed by atoms with van der Waals surface area (Å²) >= 11 is 1.20. The highest BCUT2D eigenvalue weighted by molar-refractivity contribution is 7.14. The monoisotopic (exact) mass is 437 g/mol. The first-order valence-electron chi connectivity index (χ1n) is 8.85. The van der Waals surface area contributed by atoms with Crippen molar-refractivity contribution in [2.75, 3.05) is 5.32 Å². The van der Waals surface area contributed by atoms with Crippen molar-refractivity contribution < 1.29 is 22.8 Å². The van der Waals surface area contributed by atoms with Crippen molar-refractivity contribution in [2.45, 2.75) is 32.6 Å². The zero-order chi connectivity index (χ0) is 21.9. The number of aromatic nitrogens is 3. The topological polar surface area (TPSA) is 88.9 Å². The molecule has 0 aliphatic rings. The molecule has 0 spiro atoms. The lowest BCUT2D eigenvalue weighted by molar-refractivity contribution is -0.141. The Bertz CT molecular complexity index is 1040. The molecule has 2 heterocycles. The highest BCUT2D eigenvalue weighted by Gasteiger charge is 2.33. The summed E-state index contributed by atoms with van der Waals surface area (Å²) in [6.45, 7) is 2.97. The van der Waals surface area contributed by atoms with Crippen LogP contribution in [0.4, 0.5) is 18.3 Å². The van der Waals surface area contributed by atoms with Gasteiger partial charge in [0.2, 0.25) is 11.8 Å². The molecular weight excluding hydrogens is 419 g/mol. The lowest BCUT2D eigenvalue weighted by Crippen LogP contribution is -2.23. The van der Waals surface area contributed by atoms with Gasteiger partial charge in [-0.1, -0.05) is 24.3 Å². The Morgan fingerprint density at radius 3 is 2.50 bits per heavy atom. The van der Waals surface area contributed by atoms with Crippen molar-refractivity contribution in [1.29, 1.82) is 0 Å². The maximum Gasteiger partial charge on any atom is 0.435 e. The predicted octanol–water partition coefficient (Wildman–Crippen LogP) is 3.86. The molecule has 0 saturated carbocycles. The zero-order valence-electron chi connectivity index (χ0n) is 16.0. The number of carbonyl (C=O) groups excluding carboxylic acids is 2. The molecule has 2 amide bonds. The van der Waals surface area contributed by atoms with Crippen LogP contribution >= 0.6 is 11.3 Å². The Balaban J connectivity index is 1.61. The molecule has 30 heavy (non-hydrogen) atoms. The number of nitrogens with zero attached hydrogens (tertiary/aromatic N) is 3. The minimum atomic E-state index is -4.55. The predicted molar refractivity (Wildman–Crippen MR) is 106 cm³/mol. The van der Waals surface area contributed by atoms with Gasteiger partial charge in [0.15, 0.2) is 10.8 Å². The summed E-state index contributed by atoms with van der Waals surface area (Å²) in [4.78, 5) is 27.6. The number of hydrogen-bond acceptors (Lipinski definition) is 5. The number of halogens is 3. The smallest absolute Gasteiger partial charge is 0.350 e. The van der Waals surface area contributed by atoms with E-state index in [1.165, 1.54) is 18.3 Å². The van der Waals surface area contributed by atoms with Crippen LogP contribution < -0.4 is 10.6 Å². The molecule has 1 atom stereocenters. The first kappa shape index (κ1) is 21.5. The van der Waals surface area contributed by atoms with Gasteiger partial charge in [0.05, 0.1) is 11.7 Å². The van der Waals surface area contributed by atoms with Crippen LogP contribution in [0.15, 0.2) is 41.9 Å². The molecule has 0 saturated heterocycles. The van der Waals surface area contributed by atoms with E-state index < -0.39 is 17.8 Å². The normalized spacial score (nSPS) is 12.4. The van der Waals surface area contributed by atoms with Crippen molar-refractivity contribution in [1.82, 2.24) is 20.1 Å². The third-order valence-electron chi connectivity index (χ3n) is 4.11. The molecule has 0 radical (unpaired) electrons. The van der Waals surface area contributed by atoms with E-state index in [2.05, 4.69) is 20.7 Å². The molecular formula is C19H18F3N5O2S. The van der Waals surface area contributed by atoms with Crippen LogP contribution in [0.25, 0.3) is 11.3 Å². The molecule has 2 aromatic heterocycles. The minimum absolute atomic E-state index is 0.115. The number of alkyl halides is 3. The lowest BCUT2D eigenvalue weighted by atomic mass is 10.1. The Morgan fingerprint density at radius 2 is 1.90 bits per heavy atom. The molecule has 1 unspecified atom stereocenters. The SMILES string of the molecule is CC(=O)NC(C)c1ccc(-c2csc(NC(=O)Cn3ccc(C(F)(F)F)n3)n2)cc1. The van der Waals surface area contributed by atoms with Crippen molar-refractivity contribution in [3.8, 4) is 11.3 Å². The molecule has 1 aromatic carbocycles. The van der Waals surface area contributed by atoms with Crippen LogP contribution in [0, 0.1) is 0 Å². The quantitative estimate of drug-likeness (QED) is 0.613. The van der Waals surface area contributed by atoms with Crippen LogP contribution in [0.5, 0.6) is 0 Å². The highest BCUT2D eigenvalue weighted by atomic mass is 32.1. The van der Waals surface area contributed by atoms with E-state index in [0.717, 1.165) is 28.1 Å². The number of anilines is 1. The van der Waals surface area contributed by atoms with Gasteiger partial charge in [-0.2, -0.15) is 18.3 Å². The van der Waals surface area contributed by atoms with E-state index in [4.69, 9.17) is 0 Å². The molecule has 11 heteroatoms. The fraction of sp³-hybridized carbons (Fsp3) is 0.263. The molecule has 0 aliphatic carbocycles. The molecule has 158 valence electrons. The molecule has 0 bridgehead atoms.